The molecule has 1 aliphatic carbocycles. The Morgan fingerprint density at radius 1 is 1.67 bits per heavy atom. The highest BCUT2D eigenvalue weighted by molar-refractivity contribution is 5.73. The van der Waals surface area contributed by atoms with E-state index in [1.807, 2.05) is 5.43 Å². The summed E-state index contributed by atoms with van der Waals surface area (Å²) < 4.78 is 0. The Hall–Kier alpha value is -0.810. The van der Waals surface area contributed by atoms with Gasteiger partial charge in [0, 0.05) is 0 Å². The molecule has 0 aromatic rings. The summed E-state index contributed by atoms with van der Waals surface area (Å²) in [4.78, 5) is 10.6. The monoisotopic (exact) mass is 130 g/mol. The van der Waals surface area contributed by atoms with Crippen LogP contribution in [0.3, 0.4) is 0 Å². The van der Waals surface area contributed by atoms with Gasteiger partial charge >= 0.3 is 6.03 Å². The number of nitrogens with zero attached hydrogens (tertiary/aromatic N) is 1. The van der Waals surface area contributed by atoms with Crippen LogP contribution >= 0.6 is 0 Å². The Kier molecular flexibility index (Phi) is 1.54. The number of carbonyl (C=O) groups excluding carboxylic acids is 1. The molecule has 0 aromatic carbocycles. The van der Waals surface area contributed by atoms with Crippen LogP contribution in [-0.2, 0) is 0 Å². The molecule has 2 amide bonds. The third-order valence-electron chi connectivity index (χ3n) is 1.30. The summed E-state index contributed by atoms with van der Waals surface area (Å²) in [7, 11) is 0. The van der Waals surface area contributed by atoms with Gasteiger partial charge in [-0.2, -0.15) is 0 Å². The second-order valence-corrected chi connectivity index (χ2v) is 2.09. The second kappa shape index (κ2) is 2.20. The fourth-order valence-corrected chi connectivity index (χ4v) is 0.593. The lowest BCUT2D eigenvalue weighted by Crippen LogP contribution is -2.48. The molecule has 0 spiro atoms. The van der Waals surface area contributed by atoms with E-state index in [0.717, 1.165) is 17.9 Å². The first-order chi connectivity index (χ1) is 4.25. The summed E-state index contributed by atoms with van der Waals surface area (Å²) in [5, 5.41) is 1.13. The smallest absolute Gasteiger partial charge is 0.275 e. The number of carbonyl (C=O) groups is 1. The molecule has 1 fully saturated rings. The fourth-order valence-electron chi connectivity index (χ4n) is 0.593. The zero-order valence-electron chi connectivity index (χ0n) is 5.00. The Balaban J connectivity index is 2.30. The summed E-state index contributed by atoms with van der Waals surface area (Å²) in [6.07, 6.45) is 1.98. The molecule has 0 saturated heterocycles. The Morgan fingerprint density at radius 3 is 2.56 bits per heavy atom. The number of hydrogen-bond donors (Lipinski definition) is 3. The lowest BCUT2D eigenvalue weighted by molar-refractivity contribution is 0.196. The molecule has 5 heteroatoms. The maximum absolute atomic E-state index is 10.6. The number of hydrogen-bond acceptors (Lipinski definition) is 3. The van der Waals surface area contributed by atoms with Crippen molar-refractivity contribution in [1.29, 1.82) is 0 Å². The van der Waals surface area contributed by atoms with E-state index in [0.29, 0.717) is 0 Å². The molecule has 0 bridgehead atoms. The van der Waals surface area contributed by atoms with Crippen LogP contribution < -0.4 is 17.1 Å². The Morgan fingerprint density at radius 2 is 2.22 bits per heavy atom. The van der Waals surface area contributed by atoms with Crippen molar-refractivity contribution < 1.29 is 4.79 Å². The molecule has 1 saturated carbocycles. The van der Waals surface area contributed by atoms with Gasteiger partial charge in [0.1, 0.15) is 0 Å². The SMILES string of the molecule is NNC(=O)N(N)C1CC1. The minimum absolute atomic E-state index is 0.216. The van der Waals surface area contributed by atoms with Gasteiger partial charge < -0.3 is 0 Å². The molecule has 5 nitrogen and oxygen atoms in total. The van der Waals surface area contributed by atoms with Gasteiger partial charge in [0.2, 0.25) is 0 Å². The molecular formula is C4H10N4O. The average molecular weight is 130 g/mol. The number of nitrogens with one attached hydrogen (secondary N) is 1. The third-order valence-corrected chi connectivity index (χ3v) is 1.30. The summed E-state index contributed by atoms with van der Waals surface area (Å²) in [5.74, 6) is 10.1. The number of rotatable bonds is 1. The van der Waals surface area contributed by atoms with E-state index in [4.69, 9.17) is 11.7 Å². The van der Waals surface area contributed by atoms with Crippen molar-refractivity contribution in [3.63, 3.8) is 0 Å². The summed E-state index contributed by atoms with van der Waals surface area (Å²) in [5.41, 5.74) is 1.95. The summed E-state index contributed by atoms with van der Waals surface area (Å²) in [6, 6.07) is -0.203. The van der Waals surface area contributed by atoms with Crippen molar-refractivity contribution in [2.24, 2.45) is 11.7 Å². The predicted octanol–water partition coefficient (Wildman–Crippen LogP) is -1.09. The van der Waals surface area contributed by atoms with Crippen molar-refractivity contribution in [3.05, 3.63) is 0 Å². The van der Waals surface area contributed by atoms with Crippen LogP contribution in [0.25, 0.3) is 0 Å². The van der Waals surface area contributed by atoms with Gasteiger partial charge in [0.05, 0.1) is 6.04 Å². The van der Waals surface area contributed by atoms with E-state index in [1.165, 1.54) is 0 Å². The topological polar surface area (TPSA) is 84.4 Å². The second-order valence-electron chi connectivity index (χ2n) is 2.09. The van der Waals surface area contributed by atoms with Crippen molar-refractivity contribution in [1.82, 2.24) is 10.4 Å². The third kappa shape index (κ3) is 1.30. The van der Waals surface area contributed by atoms with Gasteiger partial charge in [-0.3, -0.25) is 10.4 Å². The molecule has 0 aromatic heterocycles. The molecule has 52 valence electrons. The number of hydrazine groups is 2. The fraction of sp³-hybridized carbons (Fsp3) is 0.750. The molecule has 0 aliphatic heterocycles. The van der Waals surface area contributed by atoms with Gasteiger partial charge in [0.25, 0.3) is 0 Å². The molecule has 9 heavy (non-hydrogen) atoms. The van der Waals surface area contributed by atoms with Crippen molar-refractivity contribution in [3.8, 4) is 0 Å². The van der Waals surface area contributed by atoms with Gasteiger partial charge in [0.15, 0.2) is 0 Å². The normalized spacial score (nSPS) is 17.1. The van der Waals surface area contributed by atoms with E-state index in [-0.39, 0.29) is 6.04 Å². The van der Waals surface area contributed by atoms with Crippen molar-refractivity contribution in [2.75, 3.05) is 0 Å². The first-order valence-electron chi connectivity index (χ1n) is 2.80. The molecule has 0 heterocycles. The molecule has 0 atom stereocenters. The highest BCUT2D eigenvalue weighted by Crippen LogP contribution is 2.23. The molecule has 5 N–H and O–H groups in total. The average Bonchev–Trinajstić information content (AvgIpc) is 2.66. The first kappa shape index (κ1) is 6.31. The standard InChI is InChI=1S/C4H10N4O/c5-7-4(9)8(6)3-1-2-3/h3H,1-2,5-6H2,(H,7,9). The Bertz CT molecular complexity index is 122. The summed E-state index contributed by atoms with van der Waals surface area (Å²) >= 11 is 0. The quantitative estimate of drug-likeness (QED) is 0.239. The molecular weight excluding hydrogens is 120 g/mol. The maximum Gasteiger partial charge on any atom is 0.345 e. The van der Waals surface area contributed by atoms with Gasteiger partial charge in [-0.05, 0) is 12.8 Å². The van der Waals surface area contributed by atoms with Gasteiger partial charge in [-0.1, -0.05) is 0 Å². The first-order valence-corrected chi connectivity index (χ1v) is 2.80. The predicted molar refractivity (Wildman–Crippen MR) is 31.8 cm³/mol. The van der Waals surface area contributed by atoms with E-state index in [2.05, 4.69) is 0 Å². The lowest BCUT2D eigenvalue weighted by Gasteiger charge is -2.13. The highest BCUT2D eigenvalue weighted by Gasteiger charge is 2.29. The van der Waals surface area contributed by atoms with Crippen LogP contribution in [-0.4, -0.2) is 17.1 Å². The minimum Gasteiger partial charge on any atom is -0.275 e. The van der Waals surface area contributed by atoms with E-state index in [9.17, 15) is 4.79 Å². The zero-order valence-corrected chi connectivity index (χ0v) is 5.00. The lowest BCUT2D eigenvalue weighted by atomic mass is 10.7. The maximum atomic E-state index is 10.6. The van der Waals surface area contributed by atoms with E-state index in [1.54, 1.807) is 0 Å². The number of urea groups is 1. The van der Waals surface area contributed by atoms with E-state index < -0.39 is 6.03 Å². The van der Waals surface area contributed by atoms with E-state index >= 15 is 0 Å². The van der Waals surface area contributed by atoms with Crippen LogP contribution in [0.1, 0.15) is 12.8 Å². The van der Waals surface area contributed by atoms with Gasteiger partial charge in [-0.15, -0.1) is 0 Å². The minimum atomic E-state index is -0.419. The highest BCUT2D eigenvalue weighted by atomic mass is 16.2. The number of nitrogens with two attached hydrogens (primary N) is 2. The van der Waals surface area contributed by atoms with Crippen LogP contribution in [0.15, 0.2) is 0 Å². The summed E-state index contributed by atoms with van der Waals surface area (Å²) in [6.45, 7) is 0. The van der Waals surface area contributed by atoms with Crippen LogP contribution in [0, 0.1) is 0 Å². The largest absolute Gasteiger partial charge is 0.345 e. The molecule has 1 rings (SSSR count). The van der Waals surface area contributed by atoms with Crippen molar-refractivity contribution in [2.45, 2.75) is 18.9 Å². The molecule has 1 aliphatic rings. The van der Waals surface area contributed by atoms with Crippen LogP contribution in [0.4, 0.5) is 4.79 Å². The van der Waals surface area contributed by atoms with Crippen molar-refractivity contribution >= 4 is 6.03 Å². The number of amides is 2. The molecule has 0 unspecified atom stereocenters. The Labute approximate surface area is 52.9 Å². The van der Waals surface area contributed by atoms with Gasteiger partial charge in [-0.25, -0.2) is 16.5 Å². The van der Waals surface area contributed by atoms with Crippen LogP contribution in [0.5, 0.6) is 0 Å². The zero-order chi connectivity index (χ0) is 6.85. The molecule has 0 radical (unpaired) electrons. The van der Waals surface area contributed by atoms with Crippen LogP contribution in [0.2, 0.25) is 0 Å².